The summed E-state index contributed by atoms with van der Waals surface area (Å²) >= 11 is 0. The van der Waals surface area contributed by atoms with Gasteiger partial charge < -0.3 is 31.2 Å². The molecule has 4 aromatic carbocycles. The van der Waals surface area contributed by atoms with E-state index in [-0.39, 0.29) is 33.9 Å². The highest BCUT2D eigenvalue weighted by atomic mass is 16.5. The van der Waals surface area contributed by atoms with Crippen molar-refractivity contribution in [3.63, 3.8) is 0 Å². The van der Waals surface area contributed by atoms with E-state index < -0.39 is 0 Å². The Hall–Kier alpha value is -5.50. The molecular formula is C45H56N2O6. The number of benzene rings is 4. The first-order valence-electron chi connectivity index (χ1n) is 18.2. The summed E-state index contributed by atoms with van der Waals surface area (Å²) in [6.45, 7) is 17.5. The molecule has 0 amide bonds. The maximum absolute atomic E-state index is 12.4. The van der Waals surface area contributed by atoms with Crippen LogP contribution in [0.2, 0.25) is 0 Å². The van der Waals surface area contributed by atoms with Gasteiger partial charge in [-0.05, 0) is 115 Å². The summed E-state index contributed by atoms with van der Waals surface area (Å²) in [7, 11) is 0. The van der Waals surface area contributed by atoms with E-state index in [1.807, 2.05) is 46.8 Å². The van der Waals surface area contributed by atoms with Gasteiger partial charge in [-0.2, -0.15) is 0 Å². The van der Waals surface area contributed by atoms with E-state index in [0.29, 0.717) is 47.2 Å². The van der Waals surface area contributed by atoms with E-state index in [9.17, 15) is 19.8 Å². The molecule has 282 valence electrons. The number of nitrogens with two attached hydrogens (primary N) is 2. The number of hydrogen-bond donors (Lipinski definition) is 4. The van der Waals surface area contributed by atoms with Gasteiger partial charge >= 0.3 is 0 Å². The smallest absolute Gasteiger partial charge is 0.185 e. The molecule has 6 N–H and O–H groups in total. The van der Waals surface area contributed by atoms with Crippen LogP contribution in [-0.4, -0.2) is 35.0 Å². The number of rotatable bonds is 14. The van der Waals surface area contributed by atoms with Crippen molar-refractivity contribution in [2.75, 3.05) is 24.7 Å². The molecular weight excluding hydrogens is 665 g/mol. The Balaban J connectivity index is 0.000000286. The highest BCUT2D eigenvalue weighted by Crippen LogP contribution is 2.39. The molecule has 53 heavy (non-hydrogen) atoms. The third kappa shape index (κ3) is 12.0. The highest BCUT2D eigenvalue weighted by molar-refractivity contribution is 6.07. The third-order valence-electron chi connectivity index (χ3n) is 8.82. The zero-order valence-electron chi connectivity index (χ0n) is 32.5. The fourth-order valence-corrected chi connectivity index (χ4v) is 5.26. The molecule has 0 heterocycles. The minimum Gasteiger partial charge on any atom is -0.508 e. The maximum Gasteiger partial charge on any atom is 0.185 e. The van der Waals surface area contributed by atoms with E-state index >= 15 is 0 Å². The van der Waals surface area contributed by atoms with E-state index in [2.05, 4.69) is 20.8 Å². The van der Waals surface area contributed by atoms with Gasteiger partial charge in [0.2, 0.25) is 0 Å². The van der Waals surface area contributed by atoms with E-state index in [1.54, 1.807) is 72.8 Å². The topological polar surface area (TPSA) is 145 Å². The van der Waals surface area contributed by atoms with Crippen LogP contribution in [0.5, 0.6) is 23.0 Å². The van der Waals surface area contributed by atoms with Gasteiger partial charge in [0.15, 0.2) is 11.6 Å². The number of allylic oxidation sites excluding steroid dienone is 2. The van der Waals surface area contributed by atoms with Crippen molar-refractivity contribution < 1.29 is 29.3 Å². The molecule has 4 aromatic rings. The third-order valence-corrected chi connectivity index (χ3v) is 8.82. The SMILES string of the molecule is CCCOc1cc(O)c(C(C)(C)C)cc1/C=C/C(=O)c1ccc(N)cc1.CCCOc1cc(O)c(C(C)(C)CC)cc1/C=C/C(=O)c1ccc(N)cc1. The standard InChI is InChI=1S/C23H29NO3.C22H27NO3/c1-5-13-27-22-15-21(26)19(23(3,4)6-2)14-17(22)9-12-20(25)16-7-10-18(24)11-8-16;1-5-12-26-21-14-20(25)18(22(2,3)4)13-16(21)8-11-19(24)15-6-9-17(23)10-7-15/h7-12,14-15,26H,5-6,13,24H2,1-4H3;6-11,13-14,25H,5,12,23H2,1-4H3/b12-9+;11-8+. The molecule has 8 nitrogen and oxygen atoms in total. The molecule has 0 unspecified atom stereocenters. The van der Waals surface area contributed by atoms with Gasteiger partial charge in [-0.25, -0.2) is 0 Å². The monoisotopic (exact) mass is 720 g/mol. The largest absolute Gasteiger partial charge is 0.508 e. The lowest BCUT2D eigenvalue weighted by atomic mass is 9.81. The van der Waals surface area contributed by atoms with Crippen LogP contribution in [0.4, 0.5) is 11.4 Å². The zero-order chi connectivity index (χ0) is 39.3. The molecule has 0 fully saturated rings. The second-order valence-corrected chi connectivity index (χ2v) is 14.6. The summed E-state index contributed by atoms with van der Waals surface area (Å²) in [5.41, 5.74) is 16.5. The molecule has 0 bridgehead atoms. The zero-order valence-corrected chi connectivity index (χ0v) is 32.5. The minimum atomic E-state index is -0.225. The molecule has 0 aliphatic heterocycles. The van der Waals surface area contributed by atoms with E-state index in [1.165, 1.54) is 12.2 Å². The van der Waals surface area contributed by atoms with Crippen LogP contribution < -0.4 is 20.9 Å². The number of phenols is 2. The Bertz CT molecular complexity index is 1900. The average Bonchev–Trinajstić information content (AvgIpc) is 3.12. The summed E-state index contributed by atoms with van der Waals surface area (Å²) in [6.07, 6.45) is 9.12. The van der Waals surface area contributed by atoms with Crippen molar-refractivity contribution in [3.05, 3.63) is 118 Å². The number of phenolic OH excluding ortho intramolecular Hbond substituents is 2. The number of carbonyl (C=O) groups excluding carboxylic acids is 2. The first-order valence-corrected chi connectivity index (χ1v) is 18.2. The first-order chi connectivity index (χ1) is 25.0. The highest BCUT2D eigenvalue weighted by Gasteiger charge is 2.24. The van der Waals surface area contributed by atoms with Crippen LogP contribution in [0.3, 0.4) is 0 Å². The van der Waals surface area contributed by atoms with Gasteiger partial charge in [0.05, 0.1) is 13.2 Å². The number of aromatic hydroxyl groups is 2. The minimum absolute atomic E-state index is 0.110. The number of ketones is 2. The van der Waals surface area contributed by atoms with Crippen molar-refractivity contribution >= 4 is 35.1 Å². The number of nitrogen functional groups attached to an aromatic ring is 2. The van der Waals surface area contributed by atoms with Gasteiger partial charge in [-0.3, -0.25) is 9.59 Å². The summed E-state index contributed by atoms with van der Waals surface area (Å²) in [4.78, 5) is 24.8. The lowest BCUT2D eigenvalue weighted by Gasteiger charge is -2.25. The van der Waals surface area contributed by atoms with Gasteiger partial charge in [0, 0.05) is 56.9 Å². The summed E-state index contributed by atoms with van der Waals surface area (Å²) < 4.78 is 11.5. The number of carbonyl (C=O) groups is 2. The van der Waals surface area contributed by atoms with Crippen molar-refractivity contribution in [2.24, 2.45) is 0 Å². The molecule has 0 spiro atoms. The van der Waals surface area contributed by atoms with Crippen LogP contribution in [0.1, 0.15) is 118 Å². The summed E-state index contributed by atoms with van der Waals surface area (Å²) in [6, 6.07) is 20.7. The Kier molecular flexibility index (Phi) is 14.9. The molecule has 4 rings (SSSR count). The Labute approximate surface area is 315 Å². The second-order valence-electron chi connectivity index (χ2n) is 14.6. The quantitative estimate of drug-likeness (QED) is 0.0572. The predicted molar refractivity (Wildman–Crippen MR) is 218 cm³/mol. The molecule has 0 radical (unpaired) electrons. The van der Waals surface area contributed by atoms with E-state index in [0.717, 1.165) is 41.5 Å². The summed E-state index contributed by atoms with van der Waals surface area (Å²) in [5.74, 6) is 1.34. The van der Waals surface area contributed by atoms with Gasteiger partial charge in [0.25, 0.3) is 0 Å². The van der Waals surface area contributed by atoms with Crippen molar-refractivity contribution in [1.82, 2.24) is 0 Å². The van der Waals surface area contributed by atoms with Crippen molar-refractivity contribution in [3.8, 4) is 23.0 Å². The van der Waals surface area contributed by atoms with Crippen molar-refractivity contribution in [2.45, 2.75) is 85.5 Å². The molecule has 0 atom stereocenters. The van der Waals surface area contributed by atoms with Crippen LogP contribution in [0.15, 0.2) is 84.9 Å². The fraction of sp³-hybridized carbons (Fsp3) is 0.333. The van der Waals surface area contributed by atoms with Gasteiger partial charge in [0.1, 0.15) is 23.0 Å². The Morgan fingerprint density at radius 1 is 0.623 bits per heavy atom. The van der Waals surface area contributed by atoms with Crippen LogP contribution in [0, 0.1) is 0 Å². The van der Waals surface area contributed by atoms with E-state index in [4.69, 9.17) is 20.9 Å². The van der Waals surface area contributed by atoms with Crippen LogP contribution in [-0.2, 0) is 10.8 Å². The van der Waals surface area contributed by atoms with Crippen molar-refractivity contribution in [1.29, 1.82) is 0 Å². The van der Waals surface area contributed by atoms with Gasteiger partial charge in [-0.1, -0.05) is 55.4 Å². The van der Waals surface area contributed by atoms with Crippen LogP contribution >= 0.6 is 0 Å². The number of hydrogen-bond acceptors (Lipinski definition) is 8. The Morgan fingerprint density at radius 3 is 1.36 bits per heavy atom. The predicted octanol–water partition coefficient (Wildman–Crippen LogP) is 10.3. The van der Waals surface area contributed by atoms with Crippen LogP contribution in [0.25, 0.3) is 12.2 Å². The molecule has 8 heteroatoms. The second kappa shape index (κ2) is 18.8. The van der Waals surface area contributed by atoms with Gasteiger partial charge in [-0.15, -0.1) is 0 Å². The fourth-order valence-electron chi connectivity index (χ4n) is 5.26. The number of ether oxygens (including phenoxy) is 2. The lowest BCUT2D eigenvalue weighted by Crippen LogP contribution is -2.16. The Morgan fingerprint density at radius 2 is 1.00 bits per heavy atom. The molecule has 0 aliphatic rings. The normalized spacial score (nSPS) is 11.7. The number of anilines is 2. The summed E-state index contributed by atoms with van der Waals surface area (Å²) in [5, 5.41) is 20.8. The lowest BCUT2D eigenvalue weighted by molar-refractivity contribution is 0.103. The molecule has 0 saturated carbocycles. The average molecular weight is 721 g/mol. The first kappa shape index (κ1) is 41.9. The molecule has 0 saturated heterocycles. The maximum atomic E-state index is 12.4. The molecule has 0 aromatic heterocycles. The molecule has 0 aliphatic carbocycles.